The van der Waals surface area contributed by atoms with Crippen LogP contribution in [0.1, 0.15) is 42.9 Å². The number of rotatable bonds is 3. The molecular formula is C18H18ClFO. The van der Waals surface area contributed by atoms with Crippen molar-refractivity contribution >= 4 is 11.6 Å². The average Bonchev–Trinajstić information content (AvgIpc) is 2.98. The Morgan fingerprint density at radius 3 is 2.33 bits per heavy atom. The minimum atomic E-state index is -0.848. The van der Waals surface area contributed by atoms with Gasteiger partial charge in [-0.1, -0.05) is 60.8 Å². The summed E-state index contributed by atoms with van der Waals surface area (Å²) in [7, 11) is 0. The molecule has 0 heterocycles. The van der Waals surface area contributed by atoms with Gasteiger partial charge in [0, 0.05) is 16.0 Å². The standard InChI is InChI=1S/C18H18ClFO/c19-14-8-9-15(16(20)12-14)17(21)18(10-4-5-11-18)13-6-2-1-3-7-13/h1-3,6-9,12,17,21H,4-5,10-11H2. The second kappa shape index (κ2) is 5.78. The van der Waals surface area contributed by atoms with E-state index in [1.807, 2.05) is 30.3 Å². The number of halogens is 2. The highest BCUT2D eigenvalue weighted by Crippen LogP contribution is 2.50. The van der Waals surface area contributed by atoms with E-state index in [1.54, 1.807) is 12.1 Å². The van der Waals surface area contributed by atoms with Gasteiger partial charge in [0.25, 0.3) is 0 Å². The Hall–Kier alpha value is -1.38. The highest BCUT2D eigenvalue weighted by molar-refractivity contribution is 6.30. The van der Waals surface area contributed by atoms with Crippen molar-refractivity contribution in [2.45, 2.75) is 37.2 Å². The van der Waals surface area contributed by atoms with Crippen LogP contribution in [0.25, 0.3) is 0 Å². The number of benzene rings is 2. The lowest BCUT2D eigenvalue weighted by Crippen LogP contribution is -2.31. The monoisotopic (exact) mass is 304 g/mol. The first kappa shape index (κ1) is 14.6. The first-order valence-corrected chi connectivity index (χ1v) is 7.70. The molecule has 3 heteroatoms. The Balaban J connectivity index is 2.05. The van der Waals surface area contributed by atoms with Gasteiger partial charge in [-0.25, -0.2) is 4.39 Å². The molecule has 1 aliphatic carbocycles. The molecule has 2 aromatic carbocycles. The van der Waals surface area contributed by atoms with Crippen LogP contribution in [0.4, 0.5) is 4.39 Å². The first-order valence-electron chi connectivity index (χ1n) is 7.32. The van der Waals surface area contributed by atoms with Crippen molar-refractivity contribution in [1.29, 1.82) is 0 Å². The maximum absolute atomic E-state index is 14.2. The summed E-state index contributed by atoms with van der Waals surface area (Å²) >= 11 is 5.81. The number of hydrogen-bond donors (Lipinski definition) is 1. The second-order valence-electron chi connectivity index (χ2n) is 5.80. The van der Waals surface area contributed by atoms with Gasteiger partial charge in [-0.2, -0.15) is 0 Å². The van der Waals surface area contributed by atoms with Gasteiger partial charge in [-0.3, -0.25) is 0 Å². The lowest BCUT2D eigenvalue weighted by atomic mass is 9.72. The normalized spacial score (nSPS) is 18.6. The Morgan fingerprint density at radius 1 is 1.05 bits per heavy atom. The lowest BCUT2D eigenvalue weighted by molar-refractivity contribution is 0.0788. The summed E-state index contributed by atoms with van der Waals surface area (Å²) in [6.45, 7) is 0. The summed E-state index contributed by atoms with van der Waals surface area (Å²) in [6, 6.07) is 14.5. The van der Waals surface area contributed by atoms with Crippen LogP contribution in [0.15, 0.2) is 48.5 Å². The number of aliphatic hydroxyl groups is 1. The molecule has 110 valence electrons. The summed E-state index contributed by atoms with van der Waals surface area (Å²) in [6.07, 6.45) is 3.02. The average molecular weight is 305 g/mol. The van der Waals surface area contributed by atoms with Gasteiger partial charge in [-0.15, -0.1) is 0 Å². The smallest absolute Gasteiger partial charge is 0.130 e. The van der Waals surface area contributed by atoms with Crippen molar-refractivity contribution in [3.8, 4) is 0 Å². The molecule has 2 aromatic rings. The maximum atomic E-state index is 14.2. The molecule has 1 fully saturated rings. The first-order chi connectivity index (χ1) is 10.1. The zero-order chi connectivity index (χ0) is 14.9. The van der Waals surface area contributed by atoms with Crippen molar-refractivity contribution in [3.05, 3.63) is 70.5 Å². The molecule has 0 bridgehead atoms. The topological polar surface area (TPSA) is 20.2 Å². The molecule has 0 spiro atoms. The van der Waals surface area contributed by atoms with Crippen molar-refractivity contribution < 1.29 is 9.50 Å². The molecule has 1 N–H and O–H groups in total. The maximum Gasteiger partial charge on any atom is 0.130 e. The van der Waals surface area contributed by atoms with Crippen molar-refractivity contribution in [2.24, 2.45) is 0 Å². The number of aliphatic hydroxyl groups excluding tert-OH is 1. The van der Waals surface area contributed by atoms with E-state index in [0.29, 0.717) is 10.6 Å². The van der Waals surface area contributed by atoms with Gasteiger partial charge >= 0.3 is 0 Å². The molecule has 21 heavy (non-hydrogen) atoms. The van der Waals surface area contributed by atoms with E-state index < -0.39 is 17.3 Å². The van der Waals surface area contributed by atoms with E-state index >= 15 is 0 Å². The molecule has 1 unspecified atom stereocenters. The zero-order valence-corrected chi connectivity index (χ0v) is 12.5. The third-order valence-electron chi connectivity index (χ3n) is 4.62. The Kier molecular flexibility index (Phi) is 4.01. The van der Waals surface area contributed by atoms with E-state index in [-0.39, 0.29) is 0 Å². The van der Waals surface area contributed by atoms with Crippen LogP contribution in [0.3, 0.4) is 0 Å². The van der Waals surface area contributed by atoms with E-state index in [2.05, 4.69) is 0 Å². The van der Waals surface area contributed by atoms with Crippen molar-refractivity contribution in [2.75, 3.05) is 0 Å². The third-order valence-corrected chi connectivity index (χ3v) is 4.86. The lowest BCUT2D eigenvalue weighted by Gasteiger charge is -2.35. The summed E-state index contributed by atoms with van der Waals surface area (Å²) in [5.74, 6) is -0.433. The fourth-order valence-corrected chi connectivity index (χ4v) is 3.68. The Labute approximate surface area is 129 Å². The Bertz CT molecular complexity index is 620. The van der Waals surface area contributed by atoms with Crippen LogP contribution in [0, 0.1) is 5.82 Å². The van der Waals surface area contributed by atoms with E-state index in [9.17, 15) is 9.50 Å². The third kappa shape index (κ3) is 2.58. The summed E-state index contributed by atoms with van der Waals surface area (Å²) in [4.78, 5) is 0. The summed E-state index contributed by atoms with van der Waals surface area (Å²) < 4.78 is 14.2. The molecule has 1 aliphatic rings. The number of hydrogen-bond acceptors (Lipinski definition) is 1. The van der Waals surface area contributed by atoms with Gasteiger partial charge in [0.2, 0.25) is 0 Å². The van der Waals surface area contributed by atoms with E-state index in [4.69, 9.17) is 11.6 Å². The molecule has 1 saturated carbocycles. The van der Waals surface area contributed by atoms with Crippen molar-refractivity contribution in [1.82, 2.24) is 0 Å². The van der Waals surface area contributed by atoms with Crippen LogP contribution >= 0.6 is 11.6 Å². The molecule has 3 rings (SSSR count). The van der Waals surface area contributed by atoms with Gasteiger partial charge in [-0.05, 0) is 30.5 Å². The molecule has 1 nitrogen and oxygen atoms in total. The predicted octanol–water partition coefficient (Wildman–Crippen LogP) is 5.02. The SMILES string of the molecule is OC(c1ccc(Cl)cc1F)C1(c2ccccc2)CCCC1. The van der Waals surface area contributed by atoms with Crippen LogP contribution in [-0.2, 0) is 5.41 Å². The second-order valence-corrected chi connectivity index (χ2v) is 6.23. The quantitative estimate of drug-likeness (QED) is 0.843. The molecular weight excluding hydrogens is 287 g/mol. The predicted molar refractivity (Wildman–Crippen MR) is 83.0 cm³/mol. The summed E-state index contributed by atoms with van der Waals surface area (Å²) in [5.41, 5.74) is 1.03. The largest absolute Gasteiger partial charge is 0.387 e. The van der Waals surface area contributed by atoms with E-state index in [0.717, 1.165) is 31.2 Å². The van der Waals surface area contributed by atoms with Gasteiger partial charge in [0.15, 0.2) is 0 Å². The highest BCUT2D eigenvalue weighted by atomic mass is 35.5. The van der Waals surface area contributed by atoms with Crippen molar-refractivity contribution in [3.63, 3.8) is 0 Å². The molecule has 0 amide bonds. The summed E-state index contributed by atoms with van der Waals surface area (Å²) in [5, 5.41) is 11.3. The fraction of sp³-hybridized carbons (Fsp3) is 0.333. The Morgan fingerprint density at radius 2 is 1.71 bits per heavy atom. The van der Waals surface area contributed by atoms with E-state index in [1.165, 1.54) is 6.07 Å². The molecule has 0 aromatic heterocycles. The van der Waals surface area contributed by atoms with Gasteiger partial charge in [0.1, 0.15) is 5.82 Å². The van der Waals surface area contributed by atoms with Gasteiger partial charge in [0.05, 0.1) is 6.10 Å². The molecule has 0 radical (unpaired) electrons. The van der Waals surface area contributed by atoms with Crippen LogP contribution in [0.5, 0.6) is 0 Å². The fourth-order valence-electron chi connectivity index (χ4n) is 3.52. The molecule has 1 atom stereocenters. The molecule has 0 saturated heterocycles. The van der Waals surface area contributed by atoms with Crippen LogP contribution in [0.2, 0.25) is 5.02 Å². The van der Waals surface area contributed by atoms with Crippen LogP contribution in [-0.4, -0.2) is 5.11 Å². The minimum absolute atomic E-state index is 0.338. The minimum Gasteiger partial charge on any atom is -0.387 e. The van der Waals surface area contributed by atoms with Crippen LogP contribution < -0.4 is 0 Å². The molecule has 0 aliphatic heterocycles. The highest BCUT2D eigenvalue weighted by Gasteiger charge is 2.43. The zero-order valence-electron chi connectivity index (χ0n) is 11.7. The van der Waals surface area contributed by atoms with Gasteiger partial charge < -0.3 is 5.11 Å².